The lowest BCUT2D eigenvalue weighted by Crippen LogP contribution is -2.38. The molecular weight excluding hydrogens is 362 g/mol. The first-order valence-corrected chi connectivity index (χ1v) is 8.66. The van der Waals surface area contributed by atoms with Crippen LogP contribution in [0.1, 0.15) is 17.2 Å². The molecule has 1 saturated heterocycles. The minimum absolute atomic E-state index is 0.00527. The Morgan fingerprint density at radius 1 is 1.04 bits per heavy atom. The van der Waals surface area contributed by atoms with Crippen molar-refractivity contribution in [2.24, 2.45) is 0 Å². The van der Waals surface area contributed by atoms with E-state index in [1.165, 1.54) is 31.3 Å². The summed E-state index contributed by atoms with van der Waals surface area (Å²) in [6, 6.07) is 13.8. The molecule has 7 heteroatoms. The maximum absolute atomic E-state index is 12.8. The van der Waals surface area contributed by atoms with Crippen LogP contribution in [0.15, 0.2) is 60.2 Å². The summed E-state index contributed by atoms with van der Waals surface area (Å²) in [5.41, 5.74) is 0.979. The number of likely N-dealkylation sites (tertiary alicyclic amines) is 1. The van der Waals surface area contributed by atoms with E-state index in [0.29, 0.717) is 11.1 Å². The van der Waals surface area contributed by atoms with Crippen LogP contribution in [0.3, 0.4) is 0 Å². The zero-order valence-corrected chi connectivity index (χ0v) is 15.5. The fourth-order valence-electron chi connectivity index (χ4n) is 3.23. The summed E-state index contributed by atoms with van der Waals surface area (Å²) < 4.78 is 10.4. The molecule has 7 nitrogen and oxygen atoms in total. The predicted octanol–water partition coefficient (Wildman–Crippen LogP) is 2.43. The number of benzene rings is 2. The highest BCUT2D eigenvalue weighted by Crippen LogP contribution is 2.39. The Kier molecular flexibility index (Phi) is 5.77. The SMILES string of the molecule is COC(CN1C(=O)C(=O)/C(=C(/O)c2ccccc2)C1c1ccc(O)cc1)OC. The fourth-order valence-corrected chi connectivity index (χ4v) is 3.23. The predicted molar refractivity (Wildman–Crippen MR) is 101 cm³/mol. The van der Waals surface area contributed by atoms with E-state index in [2.05, 4.69) is 0 Å². The van der Waals surface area contributed by atoms with Crippen molar-refractivity contribution in [3.05, 3.63) is 71.3 Å². The van der Waals surface area contributed by atoms with Gasteiger partial charge in [0.15, 0.2) is 6.29 Å². The summed E-state index contributed by atoms with van der Waals surface area (Å²) in [5, 5.41) is 20.4. The van der Waals surface area contributed by atoms with Crippen LogP contribution in [-0.4, -0.2) is 53.9 Å². The van der Waals surface area contributed by atoms with E-state index in [-0.39, 0.29) is 23.6 Å². The van der Waals surface area contributed by atoms with Crippen molar-refractivity contribution < 1.29 is 29.3 Å². The van der Waals surface area contributed by atoms with E-state index in [4.69, 9.17) is 9.47 Å². The van der Waals surface area contributed by atoms with Crippen molar-refractivity contribution in [1.29, 1.82) is 0 Å². The normalized spacial score (nSPS) is 18.8. The third-order valence-corrected chi connectivity index (χ3v) is 4.67. The van der Waals surface area contributed by atoms with Crippen LogP contribution in [0.4, 0.5) is 0 Å². The molecule has 1 aliphatic heterocycles. The molecule has 1 atom stereocenters. The number of rotatable bonds is 6. The number of hydrogen-bond acceptors (Lipinski definition) is 6. The first-order valence-electron chi connectivity index (χ1n) is 8.66. The Labute approximate surface area is 162 Å². The Morgan fingerprint density at radius 2 is 1.64 bits per heavy atom. The van der Waals surface area contributed by atoms with E-state index < -0.39 is 24.0 Å². The van der Waals surface area contributed by atoms with Crippen LogP contribution in [0.2, 0.25) is 0 Å². The first-order chi connectivity index (χ1) is 13.5. The highest BCUT2D eigenvalue weighted by molar-refractivity contribution is 6.46. The Bertz CT molecular complexity index is 887. The number of nitrogens with zero attached hydrogens (tertiary/aromatic N) is 1. The molecule has 0 bridgehead atoms. The zero-order valence-electron chi connectivity index (χ0n) is 15.5. The van der Waals surface area contributed by atoms with E-state index in [0.717, 1.165) is 0 Å². The maximum atomic E-state index is 12.8. The zero-order chi connectivity index (χ0) is 20.3. The topological polar surface area (TPSA) is 96.3 Å². The van der Waals surface area contributed by atoms with Gasteiger partial charge >= 0.3 is 0 Å². The molecule has 0 saturated carbocycles. The lowest BCUT2D eigenvalue weighted by atomic mass is 9.95. The van der Waals surface area contributed by atoms with Gasteiger partial charge in [-0.15, -0.1) is 0 Å². The highest BCUT2D eigenvalue weighted by Gasteiger charge is 2.46. The van der Waals surface area contributed by atoms with Crippen LogP contribution in [-0.2, 0) is 19.1 Å². The van der Waals surface area contributed by atoms with Gasteiger partial charge in [0.25, 0.3) is 11.7 Å². The lowest BCUT2D eigenvalue weighted by molar-refractivity contribution is -0.149. The molecule has 1 fully saturated rings. The van der Waals surface area contributed by atoms with Crippen molar-refractivity contribution in [3.8, 4) is 5.75 Å². The summed E-state index contributed by atoms with van der Waals surface area (Å²) in [7, 11) is 2.87. The van der Waals surface area contributed by atoms with Crippen LogP contribution in [0.25, 0.3) is 5.76 Å². The van der Waals surface area contributed by atoms with Gasteiger partial charge in [-0.2, -0.15) is 0 Å². The number of aliphatic hydroxyl groups excluding tert-OH is 1. The third-order valence-electron chi connectivity index (χ3n) is 4.67. The van der Waals surface area contributed by atoms with Crippen molar-refractivity contribution in [3.63, 3.8) is 0 Å². The molecule has 1 amide bonds. The smallest absolute Gasteiger partial charge is 0.295 e. The van der Waals surface area contributed by atoms with Crippen molar-refractivity contribution in [2.75, 3.05) is 20.8 Å². The molecular formula is C21H21NO6. The number of aromatic hydroxyl groups is 1. The number of aliphatic hydroxyl groups is 1. The number of carbonyl (C=O) groups is 2. The maximum Gasteiger partial charge on any atom is 0.295 e. The second kappa shape index (κ2) is 8.24. The summed E-state index contributed by atoms with van der Waals surface area (Å²) >= 11 is 0. The van der Waals surface area contributed by atoms with Gasteiger partial charge in [-0.25, -0.2) is 0 Å². The number of phenols is 1. The largest absolute Gasteiger partial charge is 0.508 e. The number of methoxy groups -OCH3 is 2. The van der Waals surface area contributed by atoms with Gasteiger partial charge in [0.1, 0.15) is 11.5 Å². The summed E-state index contributed by atoms with van der Waals surface area (Å²) in [5.74, 6) is -1.75. The summed E-state index contributed by atoms with van der Waals surface area (Å²) in [4.78, 5) is 26.8. The molecule has 2 N–H and O–H groups in total. The van der Waals surface area contributed by atoms with Crippen LogP contribution in [0.5, 0.6) is 5.75 Å². The standard InChI is InChI=1S/C21H21NO6/c1-27-16(28-2)12-22-18(13-8-10-15(23)11-9-13)17(20(25)21(22)26)19(24)14-6-4-3-5-7-14/h3-11,16,18,23-24H,12H2,1-2H3/b19-17+. The third kappa shape index (κ3) is 3.62. The molecule has 0 aliphatic carbocycles. The van der Waals surface area contributed by atoms with Gasteiger partial charge in [-0.1, -0.05) is 42.5 Å². The Morgan fingerprint density at radius 3 is 2.21 bits per heavy atom. The monoisotopic (exact) mass is 383 g/mol. The van der Waals surface area contributed by atoms with Gasteiger partial charge in [0, 0.05) is 19.8 Å². The van der Waals surface area contributed by atoms with Crippen LogP contribution < -0.4 is 0 Å². The molecule has 2 aromatic rings. The first kappa shape index (κ1) is 19.6. The molecule has 146 valence electrons. The molecule has 3 rings (SSSR count). The highest BCUT2D eigenvalue weighted by atomic mass is 16.7. The molecule has 2 aromatic carbocycles. The van der Waals surface area contributed by atoms with Crippen LogP contribution in [0, 0.1) is 0 Å². The van der Waals surface area contributed by atoms with Crippen LogP contribution >= 0.6 is 0 Å². The van der Waals surface area contributed by atoms with E-state index in [1.54, 1.807) is 42.5 Å². The number of ketones is 1. The van der Waals surface area contributed by atoms with E-state index in [9.17, 15) is 19.8 Å². The van der Waals surface area contributed by atoms with Gasteiger partial charge < -0.3 is 24.6 Å². The number of phenolic OH excluding ortho intramolecular Hbond substituents is 1. The number of Topliss-reactive ketones (excluding diaryl/α,β-unsaturated/α-hetero) is 1. The number of ether oxygens (including phenoxy) is 2. The van der Waals surface area contributed by atoms with Crippen molar-refractivity contribution >= 4 is 17.4 Å². The van der Waals surface area contributed by atoms with Gasteiger partial charge in [-0.05, 0) is 17.7 Å². The molecule has 1 aliphatic rings. The van der Waals surface area contributed by atoms with Gasteiger partial charge in [0.2, 0.25) is 0 Å². The minimum Gasteiger partial charge on any atom is -0.508 e. The Balaban J connectivity index is 2.15. The molecule has 1 heterocycles. The second-order valence-electron chi connectivity index (χ2n) is 6.31. The number of carbonyl (C=O) groups excluding carboxylic acids is 2. The number of hydrogen-bond donors (Lipinski definition) is 2. The Hall–Kier alpha value is -3.16. The quantitative estimate of drug-likeness (QED) is 0.344. The van der Waals surface area contributed by atoms with E-state index in [1.807, 2.05) is 0 Å². The molecule has 0 aromatic heterocycles. The lowest BCUT2D eigenvalue weighted by Gasteiger charge is -2.28. The van der Waals surface area contributed by atoms with Gasteiger partial charge in [-0.3, -0.25) is 9.59 Å². The van der Waals surface area contributed by atoms with Crippen molar-refractivity contribution in [1.82, 2.24) is 4.90 Å². The second-order valence-corrected chi connectivity index (χ2v) is 6.31. The molecule has 28 heavy (non-hydrogen) atoms. The average molecular weight is 383 g/mol. The molecule has 0 radical (unpaired) electrons. The van der Waals surface area contributed by atoms with Crippen molar-refractivity contribution in [2.45, 2.75) is 12.3 Å². The van der Waals surface area contributed by atoms with E-state index >= 15 is 0 Å². The van der Waals surface area contributed by atoms with Gasteiger partial charge in [0.05, 0.1) is 18.2 Å². The average Bonchev–Trinajstić information content (AvgIpc) is 2.97. The molecule has 0 spiro atoms. The number of amides is 1. The summed E-state index contributed by atoms with van der Waals surface area (Å²) in [6.45, 7) is -0.00527. The fraction of sp³-hybridized carbons (Fsp3) is 0.238. The molecule has 1 unspecified atom stereocenters. The minimum atomic E-state index is -0.839. The summed E-state index contributed by atoms with van der Waals surface area (Å²) in [6.07, 6.45) is -0.741.